The molecule has 1 aliphatic heterocycles. The van der Waals surface area contributed by atoms with Crippen LogP contribution in [0.2, 0.25) is 5.02 Å². The number of aromatic nitrogens is 2. The van der Waals surface area contributed by atoms with Crippen LogP contribution in [-0.4, -0.2) is 32.7 Å². The first-order valence-electron chi connectivity index (χ1n) is 11.2. The van der Waals surface area contributed by atoms with Gasteiger partial charge in [-0.05, 0) is 47.9 Å². The summed E-state index contributed by atoms with van der Waals surface area (Å²) in [6.07, 6.45) is 0.899. The molecule has 2 heterocycles. The van der Waals surface area contributed by atoms with Crippen LogP contribution in [0.1, 0.15) is 46.6 Å². The molecule has 0 bridgehead atoms. The van der Waals surface area contributed by atoms with Gasteiger partial charge < -0.3 is 14.7 Å². The number of nitrogens with zero attached hydrogens (tertiary/aromatic N) is 2. The van der Waals surface area contributed by atoms with E-state index in [-0.39, 0.29) is 11.7 Å². The number of aromatic hydroxyl groups is 1. The number of phenols is 1. The highest BCUT2D eigenvalue weighted by Gasteiger charge is 2.42. The van der Waals surface area contributed by atoms with E-state index in [9.17, 15) is 9.90 Å². The number of carbonyl (C=O) groups excluding carboxylic acids is 1. The Morgan fingerprint density at radius 1 is 1.09 bits per heavy atom. The number of carbonyl (C=O) groups is 1. The minimum absolute atomic E-state index is 0.0476. The minimum Gasteiger partial charge on any atom is -0.507 e. The van der Waals surface area contributed by atoms with Crippen LogP contribution in [0.15, 0.2) is 72.8 Å². The fourth-order valence-electron chi connectivity index (χ4n) is 4.38. The molecule has 1 unspecified atom stereocenters. The highest BCUT2D eigenvalue weighted by atomic mass is 35.5. The van der Waals surface area contributed by atoms with Gasteiger partial charge >= 0.3 is 0 Å². The number of benzene rings is 3. The molecule has 1 aliphatic rings. The van der Waals surface area contributed by atoms with E-state index >= 15 is 0 Å². The maximum absolute atomic E-state index is 13.6. The summed E-state index contributed by atoms with van der Waals surface area (Å²) in [5.41, 5.74) is 4.03. The molecule has 0 fully saturated rings. The Morgan fingerprint density at radius 3 is 2.71 bits per heavy atom. The molecule has 6 nitrogen and oxygen atoms in total. The van der Waals surface area contributed by atoms with Crippen molar-refractivity contribution in [2.75, 3.05) is 6.61 Å². The number of hydrogen-bond donors (Lipinski definition) is 2. The summed E-state index contributed by atoms with van der Waals surface area (Å²) in [7, 11) is 0. The predicted molar refractivity (Wildman–Crippen MR) is 131 cm³/mol. The number of phenolic OH excluding ortho intramolecular Hbond substituents is 1. The van der Waals surface area contributed by atoms with Gasteiger partial charge in [0.1, 0.15) is 22.9 Å². The van der Waals surface area contributed by atoms with Crippen molar-refractivity contribution in [3.05, 3.63) is 100 Å². The van der Waals surface area contributed by atoms with Crippen molar-refractivity contribution in [3.63, 3.8) is 0 Å². The van der Waals surface area contributed by atoms with E-state index in [1.165, 1.54) is 6.07 Å². The molecular formula is C27H24ClN3O3. The first kappa shape index (κ1) is 22.0. The van der Waals surface area contributed by atoms with Gasteiger partial charge in [0.15, 0.2) is 0 Å². The average molecular weight is 474 g/mol. The molecule has 5 rings (SSSR count). The lowest BCUT2D eigenvalue weighted by atomic mass is 9.95. The monoisotopic (exact) mass is 473 g/mol. The molecule has 34 heavy (non-hydrogen) atoms. The number of halogens is 1. The third-order valence-corrected chi connectivity index (χ3v) is 6.16. The van der Waals surface area contributed by atoms with Gasteiger partial charge in [0.25, 0.3) is 5.91 Å². The van der Waals surface area contributed by atoms with Crippen molar-refractivity contribution in [1.29, 1.82) is 0 Å². The third kappa shape index (κ3) is 4.01. The van der Waals surface area contributed by atoms with Crippen LogP contribution in [-0.2, 0) is 6.54 Å². The van der Waals surface area contributed by atoms with Gasteiger partial charge in [-0.2, -0.15) is 5.10 Å². The van der Waals surface area contributed by atoms with E-state index in [0.717, 1.165) is 23.3 Å². The van der Waals surface area contributed by atoms with E-state index in [1.54, 1.807) is 12.1 Å². The van der Waals surface area contributed by atoms with Gasteiger partial charge in [-0.3, -0.25) is 9.89 Å². The van der Waals surface area contributed by atoms with Crippen molar-refractivity contribution in [2.24, 2.45) is 0 Å². The first-order valence-corrected chi connectivity index (χ1v) is 11.6. The second-order valence-electron chi connectivity index (χ2n) is 8.26. The topological polar surface area (TPSA) is 78.5 Å². The fourth-order valence-corrected chi connectivity index (χ4v) is 4.56. The largest absolute Gasteiger partial charge is 0.507 e. The zero-order valence-corrected chi connectivity index (χ0v) is 19.4. The van der Waals surface area contributed by atoms with Crippen LogP contribution in [0.5, 0.6) is 11.5 Å². The summed E-state index contributed by atoms with van der Waals surface area (Å²) in [5, 5.41) is 18.4. The van der Waals surface area contributed by atoms with Gasteiger partial charge in [-0.1, -0.05) is 61.0 Å². The van der Waals surface area contributed by atoms with Crippen molar-refractivity contribution in [2.45, 2.75) is 25.9 Å². The Bertz CT molecular complexity index is 1340. The van der Waals surface area contributed by atoms with E-state index < -0.39 is 6.04 Å². The highest BCUT2D eigenvalue weighted by Crippen LogP contribution is 2.45. The average Bonchev–Trinajstić information content (AvgIpc) is 3.39. The smallest absolute Gasteiger partial charge is 0.273 e. The molecule has 0 saturated heterocycles. The van der Waals surface area contributed by atoms with Crippen LogP contribution in [0.4, 0.5) is 0 Å². The predicted octanol–water partition coefficient (Wildman–Crippen LogP) is 5.97. The van der Waals surface area contributed by atoms with Crippen LogP contribution >= 0.6 is 11.6 Å². The quantitative estimate of drug-likeness (QED) is 0.346. The molecule has 1 aromatic heterocycles. The van der Waals surface area contributed by atoms with Crippen LogP contribution in [0.25, 0.3) is 11.3 Å². The molecular weight excluding hydrogens is 450 g/mol. The minimum atomic E-state index is -0.417. The maximum atomic E-state index is 13.6. The van der Waals surface area contributed by atoms with E-state index in [0.29, 0.717) is 40.7 Å². The normalized spacial score (nSPS) is 14.9. The number of amides is 1. The van der Waals surface area contributed by atoms with Crippen LogP contribution in [0, 0.1) is 0 Å². The zero-order chi connectivity index (χ0) is 23.7. The number of fused-ring (bicyclic) bond motifs is 1. The Hall–Kier alpha value is -3.77. The lowest BCUT2D eigenvalue weighted by Gasteiger charge is -2.27. The van der Waals surface area contributed by atoms with E-state index in [4.69, 9.17) is 16.3 Å². The molecule has 172 valence electrons. The van der Waals surface area contributed by atoms with Crippen molar-refractivity contribution in [1.82, 2.24) is 15.1 Å². The SMILES string of the molecule is CCCOc1cccc(C2c3c(-c4cc(Cl)ccc4O)n[nH]c3C(=O)N2Cc2ccccc2)c1. The Kier molecular flexibility index (Phi) is 5.99. The third-order valence-electron chi connectivity index (χ3n) is 5.92. The Balaban J connectivity index is 1.65. The number of rotatable bonds is 7. The van der Waals surface area contributed by atoms with Crippen molar-refractivity contribution >= 4 is 17.5 Å². The Morgan fingerprint density at radius 2 is 1.91 bits per heavy atom. The molecule has 1 amide bonds. The van der Waals surface area contributed by atoms with E-state index in [1.807, 2.05) is 59.5 Å². The number of nitrogens with one attached hydrogen (secondary N) is 1. The van der Waals surface area contributed by atoms with Crippen molar-refractivity contribution < 1.29 is 14.6 Å². The lowest BCUT2D eigenvalue weighted by molar-refractivity contribution is 0.0730. The summed E-state index contributed by atoms with van der Waals surface area (Å²) in [4.78, 5) is 15.4. The summed E-state index contributed by atoms with van der Waals surface area (Å²) in [6, 6.07) is 22.1. The molecule has 0 radical (unpaired) electrons. The first-order chi connectivity index (χ1) is 16.6. The number of H-pyrrole nitrogens is 1. The molecule has 0 saturated carbocycles. The van der Waals surface area contributed by atoms with Crippen LogP contribution in [0.3, 0.4) is 0 Å². The molecule has 2 N–H and O–H groups in total. The van der Waals surface area contributed by atoms with Crippen LogP contribution < -0.4 is 4.74 Å². The standard InChI is InChI=1S/C27H24ClN3O3/c1-2-13-34-20-10-6-9-18(14-20)26-23-24(21-15-19(28)11-12-22(21)32)29-30-25(23)27(33)31(26)16-17-7-4-3-5-8-17/h3-12,14-15,26,32H,2,13,16H2,1H3,(H,29,30). The van der Waals surface area contributed by atoms with Gasteiger partial charge in [-0.15, -0.1) is 0 Å². The lowest BCUT2D eigenvalue weighted by Crippen LogP contribution is -2.29. The zero-order valence-electron chi connectivity index (χ0n) is 18.7. The summed E-state index contributed by atoms with van der Waals surface area (Å²) < 4.78 is 5.87. The van der Waals surface area contributed by atoms with Gasteiger partial charge in [0.05, 0.1) is 12.6 Å². The molecule has 1 atom stereocenters. The maximum Gasteiger partial charge on any atom is 0.273 e. The number of ether oxygens (including phenoxy) is 1. The second kappa shape index (κ2) is 9.23. The Labute approximate surface area is 202 Å². The van der Waals surface area contributed by atoms with Gasteiger partial charge in [0, 0.05) is 22.7 Å². The molecule has 7 heteroatoms. The fraction of sp³-hybridized carbons (Fsp3) is 0.185. The number of hydrogen-bond acceptors (Lipinski definition) is 4. The van der Waals surface area contributed by atoms with Crippen molar-refractivity contribution in [3.8, 4) is 22.8 Å². The number of aromatic amines is 1. The highest BCUT2D eigenvalue weighted by molar-refractivity contribution is 6.31. The second-order valence-corrected chi connectivity index (χ2v) is 8.70. The molecule has 0 spiro atoms. The summed E-state index contributed by atoms with van der Waals surface area (Å²) in [6.45, 7) is 3.09. The summed E-state index contributed by atoms with van der Waals surface area (Å²) in [5.74, 6) is 0.644. The molecule has 3 aromatic carbocycles. The van der Waals surface area contributed by atoms with Gasteiger partial charge in [0.2, 0.25) is 0 Å². The molecule has 4 aromatic rings. The molecule has 0 aliphatic carbocycles. The summed E-state index contributed by atoms with van der Waals surface area (Å²) >= 11 is 6.23. The van der Waals surface area contributed by atoms with E-state index in [2.05, 4.69) is 17.1 Å². The van der Waals surface area contributed by atoms with Gasteiger partial charge in [-0.25, -0.2) is 0 Å².